The summed E-state index contributed by atoms with van der Waals surface area (Å²) in [6.07, 6.45) is 1.53. The van der Waals surface area contributed by atoms with E-state index in [-0.39, 0.29) is 12.8 Å². The Kier molecular flexibility index (Phi) is 2.98. The normalized spacial score (nSPS) is 10.4. The maximum absolute atomic E-state index is 10.7. The van der Waals surface area contributed by atoms with Crippen LogP contribution in [0.2, 0.25) is 5.02 Å². The Balaban J connectivity index is 2.63. The highest BCUT2D eigenvalue weighted by atomic mass is 35.5. The molecule has 0 spiro atoms. The molecule has 5 nitrogen and oxygen atoms in total. The minimum atomic E-state index is -0.973. The molecule has 0 aliphatic heterocycles. The molecule has 0 aliphatic rings. The van der Waals surface area contributed by atoms with E-state index < -0.39 is 5.97 Å². The largest absolute Gasteiger partial charge is 0.481 e. The summed E-state index contributed by atoms with van der Waals surface area (Å²) in [5.41, 5.74) is 1.57. The monoisotopic (exact) mass is 249 g/mol. The van der Waals surface area contributed by atoms with Gasteiger partial charge in [-0.05, 0) is 12.1 Å². The van der Waals surface area contributed by atoms with Crippen LogP contribution >= 0.6 is 11.6 Å². The molecule has 6 heteroatoms. The highest BCUT2D eigenvalue weighted by Crippen LogP contribution is 2.17. The summed E-state index contributed by atoms with van der Waals surface area (Å²) in [6.45, 7) is 0. The lowest BCUT2D eigenvalue weighted by Gasteiger charge is -1.99. The average molecular weight is 250 g/mol. The van der Waals surface area contributed by atoms with Crippen molar-refractivity contribution in [3.63, 3.8) is 0 Å². The van der Waals surface area contributed by atoms with Crippen molar-refractivity contribution in [2.45, 2.75) is 12.8 Å². The molecule has 2 rings (SSSR count). The van der Waals surface area contributed by atoms with Crippen LogP contribution in [0.4, 0.5) is 0 Å². The standard InChI is InChI=1S/C11H8ClN3O2/c12-7-1-2-10-14-8(5-11(16)17)9(3-4-13)15(10)6-7/h1-2,6H,3,5H2,(H,16,17). The third-order valence-electron chi connectivity index (χ3n) is 2.33. The molecule has 1 N–H and O–H groups in total. The van der Waals surface area contributed by atoms with Crippen molar-refractivity contribution in [3.05, 3.63) is 34.7 Å². The lowest BCUT2D eigenvalue weighted by Crippen LogP contribution is -2.04. The zero-order valence-electron chi connectivity index (χ0n) is 8.72. The molecular weight excluding hydrogens is 242 g/mol. The van der Waals surface area contributed by atoms with Crippen LogP contribution in [0.3, 0.4) is 0 Å². The van der Waals surface area contributed by atoms with Gasteiger partial charge in [0.25, 0.3) is 0 Å². The number of carbonyl (C=O) groups is 1. The minimum absolute atomic E-state index is 0.101. The number of hydrogen-bond acceptors (Lipinski definition) is 3. The lowest BCUT2D eigenvalue weighted by molar-refractivity contribution is -0.136. The molecule has 0 fully saturated rings. The molecule has 0 aromatic carbocycles. The molecule has 0 saturated carbocycles. The van der Waals surface area contributed by atoms with Crippen LogP contribution in [0.5, 0.6) is 0 Å². The van der Waals surface area contributed by atoms with Gasteiger partial charge < -0.3 is 9.51 Å². The summed E-state index contributed by atoms with van der Waals surface area (Å²) in [5.74, 6) is -0.973. The van der Waals surface area contributed by atoms with Crippen LogP contribution < -0.4 is 0 Å². The molecule has 86 valence electrons. The van der Waals surface area contributed by atoms with Crippen molar-refractivity contribution in [1.29, 1.82) is 5.26 Å². The third-order valence-corrected chi connectivity index (χ3v) is 2.55. The first kappa shape index (κ1) is 11.4. The predicted octanol–water partition coefficient (Wildman–Crippen LogP) is 1.68. The lowest BCUT2D eigenvalue weighted by atomic mass is 10.2. The molecule has 0 radical (unpaired) electrons. The van der Waals surface area contributed by atoms with E-state index in [0.717, 1.165) is 0 Å². The van der Waals surface area contributed by atoms with Crippen molar-refractivity contribution < 1.29 is 9.90 Å². The van der Waals surface area contributed by atoms with E-state index in [0.29, 0.717) is 22.1 Å². The van der Waals surface area contributed by atoms with Crippen LogP contribution in [0.1, 0.15) is 11.4 Å². The van der Waals surface area contributed by atoms with Crippen LogP contribution in [0.15, 0.2) is 18.3 Å². The highest BCUT2D eigenvalue weighted by Gasteiger charge is 2.14. The Hall–Kier alpha value is -2.06. The van der Waals surface area contributed by atoms with Gasteiger partial charge >= 0.3 is 5.97 Å². The quantitative estimate of drug-likeness (QED) is 0.898. The van der Waals surface area contributed by atoms with E-state index in [1.165, 1.54) is 0 Å². The number of nitriles is 1. The van der Waals surface area contributed by atoms with E-state index in [1.54, 1.807) is 22.7 Å². The molecule has 0 amide bonds. The Morgan fingerprint density at radius 1 is 1.59 bits per heavy atom. The summed E-state index contributed by atoms with van der Waals surface area (Å²) < 4.78 is 1.66. The van der Waals surface area contributed by atoms with Gasteiger partial charge in [0, 0.05) is 6.20 Å². The van der Waals surface area contributed by atoms with Gasteiger partial charge in [-0.25, -0.2) is 4.98 Å². The second kappa shape index (κ2) is 4.44. The van der Waals surface area contributed by atoms with Gasteiger partial charge in [-0.2, -0.15) is 5.26 Å². The second-order valence-corrected chi connectivity index (χ2v) is 3.92. The van der Waals surface area contributed by atoms with Gasteiger partial charge in [0.05, 0.1) is 35.3 Å². The topological polar surface area (TPSA) is 78.4 Å². The molecule has 0 atom stereocenters. The van der Waals surface area contributed by atoms with Crippen LogP contribution in [0.25, 0.3) is 5.65 Å². The van der Waals surface area contributed by atoms with Crippen LogP contribution in [-0.2, 0) is 17.6 Å². The second-order valence-electron chi connectivity index (χ2n) is 3.49. The first-order chi connectivity index (χ1) is 8.11. The van der Waals surface area contributed by atoms with Crippen molar-refractivity contribution >= 4 is 23.2 Å². The smallest absolute Gasteiger partial charge is 0.309 e. The minimum Gasteiger partial charge on any atom is -0.481 e. The molecule has 0 bridgehead atoms. The molecule has 2 aromatic heterocycles. The maximum atomic E-state index is 10.7. The van der Waals surface area contributed by atoms with Crippen molar-refractivity contribution in [2.24, 2.45) is 0 Å². The Morgan fingerprint density at radius 3 is 3.00 bits per heavy atom. The van der Waals surface area contributed by atoms with Gasteiger partial charge in [0.2, 0.25) is 0 Å². The van der Waals surface area contributed by atoms with E-state index >= 15 is 0 Å². The van der Waals surface area contributed by atoms with E-state index in [2.05, 4.69) is 4.98 Å². The summed E-state index contributed by atoms with van der Waals surface area (Å²) in [6, 6.07) is 5.36. The number of carboxylic acids is 1. The van der Waals surface area contributed by atoms with E-state index in [1.807, 2.05) is 6.07 Å². The fraction of sp³-hybridized carbons (Fsp3) is 0.182. The van der Waals surface area contributed by atoms with Crippen LogP contribution in [0, 0.1) is 11.3 Å². The number of rotatable bonds is 3. The third kappa shape index (κ3) is 2.22. The predicted molar refractivity (Wildman–Crippen MR) is 60.9 cm³/mol. The zero-order chi connectivity index (χ0) is 12.4. The van der Waals surface area contributed by atoms with Gasteiger partial charge in [0.15, 0.2) is 0 Å². The average Bonchev–Trinajstić information content (AvgIpc) is 2.57. The zero-order valence-corrected chi connectivity index (χ0v) is 9.48. The molecule has 2 aromatic rings. The molecule has 2 heterocycles. The summed E-state index contributed by atoms with van der Waals surface area (Å²) in [4.78, 5) is 14.9. The Bertz CT molecular complexity index is 627. The molecule has 0 aliphatic carbocycles. The van der Waals surface area contributed by atoms with Gasteiger partial charge in [-0.15, -0.1) is 0 Å². The van der Waals surface area contributed by atoms with E-state index in [9.17, 15) is 4.79 Å². The summed E-state index contributed by atoms with van der Waals surface area (Å²) in [7, 11) is 0. The number of nitrogens with zero attached hydrogens (tertiary/aromatic N) is 3. The molecular formula is C11H8ClN3O2. The van der Waals surface area contributed by atoms with E-state index in [4.69, 9.17) is 22.0 Å². The number of pyridine rings is 1. The summed E-state index contributed by atoms with van der Waals surface area (Å²) >= 11 is 5.86. The van der Waals surface area contributed by atoms with Gasteiger partial charge in [0.1, 0.15) is 5.65 Å². The van der Waals surface area contributed by atoms with Crippen molar-refractivity contribution in [3.8, 4) is 6.07 Å². The van der Waals surface area contributed by atoms with Crippen LogP contribution in [-0.4, -0.2) is 20.5 Å². The van der Waals surface area contributed by atoms with Crippen molar-refractivity contribution in [1.82, 2.24) is 9.38 Å². The molecule has 0 saturated heterocycles. The fourth-order valence-electron chi connectivity index (χ4n) is 1.66. The highest BCUT2D eigenvalue weighted by molar-refractivity contribution is 6.30. The number of hydrogen-bond donors (Lipinski definition) is 1. The molecule has 17 heavy (non-hydrogen) atoms. The van der Waals surface area contributed by atoms with Gasteiger partial charge in [-0.3, -0.25) is 4.79 Å². The number of aromatic nitrogens is 2. The number of halogens is 1. The maximum Gasteiger partial charge on any atom is 0.309 e. The Morgan fingerprint density at radius 2 is 2.35 bits per heavy atom. The number of aliphatic carboxylic acids is 1. The number of carboxylic acid groups (broad SMARTS) is 1. The first-order valence-corrected chi connectivity index (χ1v) is 5.23. The molecule has 0 unspecified atom stereocenters. The SMILES string of the molecule is N#CCc1c(CC(=O)O)nc2ccc(Cl)cn12. The first-order valence-electron chi connectivity index (χ1n) is 4.86. The van der Waals surface area contributed by atoms with Gasteiger partial charge in [-0.1, -0.05) is 11.6 Å². The number of imidazole rings is 1. The number of fused-ring (bicyclic) bond motifs is 1. The van der Waals surface area contributed by atoms with Crippen molar-refractivity contribution in [2.75, 3.05) is 0 Å². The summed E-state index contributed by atoms with van der Waals surface area (Å²) in [5, 5.41) is 18.0. The Labute approximate surface area is 102 Å². The fourth-order valence-corrected chi connectivity index (χ4v) is 1.82.